The Morgan fingerprint density at radius 2 is 1.94 bits per heavy atom. The highest BCUT2D eigenvalue weighted by atomic mass is 35.5. The second kappa shape index (κ2) is 5.27. The van der Waals surface area contributed by atoms with Crippen LogP contribution in [0.3, 0.4) is 0 Å². The molecule has 0 saturated heterocycles. The van der Waals surface area contributed by atoms with E-state index in [0.717, 1.165) is 5.56 Å². The van der Waals surface area contributed by atoms with E-state index in [1.165, 1.54) is 6.07 Å². The quantitative estimate of drug-likeness (QED) is 0.857. The van der Waals surface area contributed by atoms with Crippen molar-refractivity contribution in [2.24, 2.45) is 0 Å². The van der Waals surface area contributed by atoms with Gasteiger partial charge in [-0.2, -0.15) is 0 Å². The maximum Gasteiger partial charge on any atom is 0.146 e. The molecule has 0 saturated carbocycles. The monoisotopic (exact) mass is 264 g/mol. The van der Waals surface area contributed by atoms with Crippen LogP contribution in [0.4, 0.5) is 15.8 Å². The van der Waals surface area contributed by atoms with Crippen LogP contribution < -0.4 is 10.6 Å². The van der Waals surface area contributed by atoms with Crippen LogP contribution in [0.25, 0.3) is 0 Å². The maximum absolute atomic E-state index is 13.6. The minimum Gasteiger partial charge on any atom is -0.398 e. The second-order valence-corrected chi connectivity index (χ2v) is 4.57. The largest absolute Gasteiger partial charge is 0.398 e. The molecule has 2 N–H and O–H groups in total. The van der Waals surface area contributed by atoms with Gasteiger partial charge in [-0.25, -0.2) is 4.39 Å². The highest BCUT2D eigenvalue weighted by molar-refractivity contribution is 6.33. The number of para-hydroxylation sites is 1. The molecule has 2 rings (SSSR count). The number of benzene rings is 2. The molecule has 94 valence electrons. The predicted molar refractivity (Wildman–Crippen MR) is 74.4 cm³/mol. The summed E-state index contributed by atoms with van der Waals surface area (Å²) in [6.07, 6.45) is 0. The molecule has 2 nitrogen and oxygen atoms in total. The Kier molecular flexibility index (Phi) is 3.72. The first-order chi connectivity index (χ1) is 8.58. The highest BCUT2D eigenvalue weighted by Crippen LogP contribution is 2.23. The summed E-state index contributed by atoms with van der Waals surface area (Å²) in [5, 5.41) is 0.523. The van der Waals surface area contributed by atoms with Crippen molar-refractivity contribution in [1.29, 1.82) is 0 Å². The van der Waals surface area contributed by atoms with Gasteiger partial charge in [0, 0.05) is 13.6 Å². The lowest BCUT2D eigenvalue weighted by Gasteiger charge is -2.20. The number of rotatable bonds is 3. The summed E-state index contributed by atoms with van der Waals surface area (Å²) >= 11 is 5.96. The average Bonchev–Trinajstić information content (AvgIpc) is 2.34. The number of nitrogen functional groups attached to an aromatic ring is 1. The van der Waals surface area contributed by atoms with Gasteiger partial charge in [0.2, 0.25) is 0 Å². The average molecular weight is 265 g/mol. The van der Waals surface area contributed by atoms with Gasteiger partial charge in [-0.15, -0.1) is 0 Å². The fraction of sp³-hybridized carbons (Fsp3) is 0.143. The Balaban J connectivity index is 2.19. The molecule has 0 amide bonds. The van der Waals surface area contributed by atoms with Gasteiger partial charge in [-0.05, 0) is 29.8 Å². The SMILES string of the molecule is CN(Cc1ccc(N)c(Cl)c1)c1ccccc1F. The van der Waals surface area contributed by atoms with Crippen molar-refractivity contribution >= 4 is 23.0 Å². The van der Waals surface area contributed by atoms with Crippen LogP contribution in [0.5, 0.6) is 0 Å². The Hall–Kier alpha value is -1.74. The molecule has 0 radical (unpaired) electrons. The summed E-state index contributed by atoms with van der Waals surface area (Å²) in [5.74, 6) is -0.235. The minimum atomic E-state index is -0.235. The lowest BCUT2D eigenvalue weighted by atomic mass is 10.2. The Labute approximate surface area is 111 Å². The number of nitrogens with two attached hydrogens (primary N) is 1. The number of hydrogen-bond donors (Lipinski definition) is 1. The molecule has 0 spiro atoms. The van der Waals surface area contributed by atoms with Crippen molar-refractivity contribution in [2.45, 2.75) is 6.54 Å². The number of anilines is 2. The third-order valence-corrected chi connectivity index (χ3v) is 3.08. The molecule has 0 heterocycles. The van der Waals surface area contributed by atoms with Gasteiger partial charge >= 0.3 is 0 Å². The van der Waals surface area contributed by atoms with Gasteiger partial charge in [-0.1, -0.05) is 29.8 Å². The molecule has 18 heavy (non-hydrogen) atoms. The Bertz CT molecular complexity index is 557. The van der Waals surface area contributed by atoms with Crippen LogP contribution in [0.15, 0.2) is 42.5 Å². The summed E-state index contributed by atoms with van der Waals surface area (Å²) in [4.78, 5) is 1.83. The van der Waals surface area contributed by atoms with Crippen molar-refractivity contribution in [1.82, 2.24) is 0 Å². The van der Waals surface area contributed by atoms with Gasteiger partial charge in [0.15, 0.2) is 0 Å². The lowest BCUT2D eigenvalue weighted by molar-refractivity contribution is 0.622. The van der Waals surface area contributed by atoms with Crippen molar-refractivity contribution in [3.63, 3.8) is 0 Å². The van der Waals surface area contributed by atoms with E-state index in [-0.39, 0.29) is 5.82 Å². The number of nitrogens with zero attached hydrogens (tertiary/aromatic N) is 1. The second-order valence-electron chi connectivity index (χ2n) is 4.16. The molecule has 4 heteroatoms. The molecule has 0 bridgehead atoms. The molecule has 0 aliphatic rings. The van der Waals surface area contributed by atoms with E-state index >= 15 is 0 Å². The topological polar surface area (TPSA) is 29.3 Å². The van der Waals surface area contributed by atoms with Gasteiger partial charge in [0.05, 0.1) is 16.4 Å². The van der Waals surface area contributed by atoms with Crippen LogP contribution >= 0.6 is 11.6 Å². The third kappa shape index (κ3) is 2.74. The first-order valence-corrected chi connectivity index (χ1v) is 5.95. The smallest absolute Gasteiger partial charge is 0.146 e. The first kappa shape index (κ1) is 12.7. The van der Waals surface area contributed by atoms with E-state index in [1.807, 2.05) is 24.1 Å². The van der Waals surface area contributed by atoms with E-state index in [9.17, 15) is 4.39 Å². The molecular weight excluding hydrogens is 251 g/mol. The summed E-state index contributed by atoms with van der Waals surface area (Å²) in [6, 6.07) is 12.1. The molecule has 0 fully saturated rings. The van der Waals surface area contributed by atoms with Gasteiger partial charge in [0.25, 0.3) is 0 Å². The number of halogens is 2. The zero-order chi connectivity index (χ0) is 13.1. The van der Waals surface area contributed by atoms with Crippen molar-refractivity contribution < 1.29 is 4.39 Å². The van der Waals surface area contributed by atoms with E-state index in [1.54, 1.807) is 24.3 Å². The predicted octanol–water partition coefficient (Wildman–Crippen LogP) is 3.70. The zero-order valence-corrected chi connectivity index (χ0v) is 10.8. The molecule has 2 aromatic rings. The standard InChI is InChI=1S/C14H14ClFN2/c1-18(14-5-3-2-4-12(14)16)9-10-6-7-13(17)11(15)8-10/h2-8H,9,17H2,1H3. The minimum absolute atomic E-state index is 0.235. The zero-order valence-electron chi connectivity index (χ0n) is 10.0. The molecule has 0 aromatic heterocycles. The van der Waals surface area contributed by atoms with Crippen molar-refractivity contribution in [2.75, 3.05) is 17.7 Å². The number of hydrogen-bond acceptors (Lipinski definition) is 2. The third-order valence-electron chi connectivity index (χ3n) is 2.75. The molecule has 0 unspecified atom stereocenters. The normalized spacial score (nSPS) is 10.4. The Morgan fingerprint density at radius 1 is 1.22 bits per heavy atom. The van der Waals surface area contributed by atoms with E-state index in [4.69, 9.17) is 17.3 Å². The fourth-order valence-corrected chi connectivity index (χ4v) is 1.99. The van der Waals surface area contributed by atoms with Crippen LogP contribution in [0, 0.1) is 5.82 Å². The van der Waals surface area contributed by atoms with Crippen LogP contribution in [0.1, 0.15) is 5.56 Å². The lowest BCUT2D eigenvalue weighted by Crippen LogP contribution is -2.17. The maximum atomic E-state index is 13.6. The molecule has 0 aliphatic carbocycles. The van der Waals surface area contributed by atoms with Crippen LogP contribution in [0.2, 0.25) is 5.02 Å². The molecule has 0 aliphatic heterocycles. The summed E-state index contributed by atoms with van der Waals surface area (Å²) in [6.45, 7) is 0.570. The van der Waals surface area contributed by atoms with E-state index in [0.29, 0.717) is 22.9 Å². The molecule has 0 atom stereocenters. The molecule has 2 aromatic carbocycles. The van der Waals surface area contributed by atoms with Crippen LogP contribution in [-0.4, -0.2) is 7.05 Å². The van der Waals surface area contributed by atoms with Crippen molar-refractivity contribution in [3.05, 3.63) is 58.9 Å². The van der Waals surface area contributed by atoms with E-state index < -0.39 is 0 Å². The van der Waals surface area contributed by atoms with Gasteiger partial charge in [-0.3, -0.25) is 0 Å². The first-order valence-electron chi connectivity index (χ1n) is 5.57. The van der Waals surface area contributed by atoms with Crippen molar-refractivity contribution in [3.8, 4) is 0 Å². The fourth-order valence-electron chi connectivity index (χ4n) is 1.79. The van der Waals surface area contributed by atoms with Crippen LogP contribution in [-0.2, 0) is 6.54 Å². The summed E-state index contributed by atoms with van der Waals surface area (Å²) in [5.41, 5.74) is 7.75. The summed E-state index contributed by atoms with van der Waals surface area (Å²) in [7, 11) is 1.84. The van der Waals surface area contributed by atoms with Gasteiger partial charge < -0.3 is 10.6 Å². The van der Waals surface area contributed by atoms with Gasteiger partial charge in [0.1, 0.15) is 5.82 Å². The Morgan fingerprint density at radius 3 is 2.61 bits per heavy atom. The molecular formula is C14H14ClFN2. The van der Waals surface area contributed by atoms with E-state index in [2.05, 4.69) is 0 Å². The highest BCUT2D eigenvalue weighted by Gasteiger charge is 2.07. The summed E-state index contributed by atoms with van der Waals surface area (Å²) < 4.78 is 13.6.